The van der Waals surface area contributed by atoms with Gasteiger partial charge in [-0.15, -0.1) is 5.10 Å². The quantitative estimate of drug-likeness (QED) is 0.774. The summed E-state index contributed by atoms with van der Waals surface area (Å²) in [5, 5.41) is 7.15. The first-order valence-corrected chi connectivity index (χ1v) is 8.16. The van der Waals surface area contributed by atoms with Crippen molar-refractivity contribution in [2.24, 2.45) is 0 Å². The Bertz CT molecular complexity index is 887. The van der Waals surface area contributed by atoms with Gasteiger partial charge in [0, 0.05) is 12.1 Å². The Morgan fingerprint density at radius 1 is 1.20 bits per heavy atom. The van der Waals surface area contributed by atoms with Crippen molar-refractivity contribution < 1.29 is 9.18 Å². The molecule has 0 fully saturated rings. The maximum absolute atomic E-state index is 13.2. The maximum atomic E-state index is 13.2. The van der Waals surface area contributed by atoms with Crippen LogP contribution in [0.5, 0.6) is 0 Å². The van der Waals surface area contributed by atoms with Gasteiger partial charge in [-0.05, 0) is 55.3 Å². The SMILES string of the molecule is CCCNC(=O)c1nc(-c2ccc(F)cc2)n(-c2cccc(C)c2)n1. The van der Waals surface area contributed by atoms with Crippen molar-refractivity contribution in [2.75, 3.05) is 6.54 Å². The smallest absolute Gasteiger partial charge is 0.290 e. The number of halogens is 1. The van der Waals surface area contributed by atoms with Gasteiger partial charge in [0.1, 0.15) is 5.82 Å². The fraction of sp³-hybridized carbons (Fsp3) is 0.211. The van der Waals surface area contributed by atoms with E-state index in [1.54, 1.807) is 16.8 Å². The highest BCUT2D eigenvalue weighted by atomic mass is 19.1. The highest BCUT2D eigenvalue weighted by Crippen LogP contribution is 2.22. The second-order valence-corrected chi connectivity index (χ2v) is 5.77. The van der Waals surface area contributed by atoms with Crippen LogP contribution in [0.15, 0.2) is 48.5 Å². The summed E-state index contributed by atoms with van der Waals surface area (Å²) in [6.45, 7) is 4.51. The van der Waals surface area contributed by atoms with Gasteiger partial charge in [-0.2, -0.15) is 0 Å². The van der Waals surface area contributed by atoms with Gasteiger partial charge in [-0.25, -0.2) is 14.1 Å². The lowest BCUT2D eigenvalue weighted by molar-refractivity contribution is 0.0943. The first-order chi connectivity index (χ1) is 12.1. The van der Waals surface area contributed by atoms with Gasteiger partial charge < -0.3 is 5.32 Å². The topological polar surface area (TPSA) is 59.8 Å². The molecular weight excluding hydrogens is 319 g/mol. The lowest BCUT2D eigenvalue weighted by Crippen LogP contribution is -2.25. The third-order valence-electron chi connectivity index (χ3n) is 3.69. The second-order valence-electron chi connectivity index (χ2n) is 5.77. The molecule has 25 heavy (non-hydrogen) atoms. The molecule has 1 aromatic heterocycles. The number of aryl methyl sites for hydroxylation is 1. The largest absolute Gasteiger partial charge is 0.349 e. The van der Waals surface area contributed by atoms with Crippen molar-refractivity contribution in [1.82, 2.24) is 20.1 Å². The number of carbonyl (C=O) groups is 1. The van der Waals surface area contributed by atoms with Crippen LogP contribution in [0.4, 0.5) is 4.39 Å². The minimum atomic E-state index is -0.328. The molecule has 0 aliphatic carbocycles. The van der Waals surface area contributed by atoms with Crippen LogP contribution in [0.1, 0.15) is 29.5 Å². The third kappa shape index (κ3) is 3.74. The van der Waals surface area contributed by atoms with E-state index in [4.69, 9.17) is 0 Å². The molecule has 0 spiro atoms. The molecule has 0 unspecified atom stereocenters. The first-order valence-electron chi connectivity index (χ1n) is 8.16. The summed E-state index contributed by atoms with van der Waals surface area (Å²) in [6.07, 6.45) is 0.829. The lowest BCUT2D eigenvalue weighted by Gasteiger charge is -2.06. The van der Waals surface area contributed by atoms with Crippen molar-refractivity contribution in [3.8, 4) is 17.1 Å². The summed E-state index contributed by atoms with van der Waals surface area (Å²) in [6, 6.07) is 13.7. The average Bonchev–Trinajstić information content (AvgIpc) is 3.06. The number of rotatable bonds is 5. The molecule has 6 heteroatoms. The number of nitrogens with one attached hydrogen (secondary N) is 1. The molecule has 2 aromatic carbocycles. The monoisotopic (exact) mass is 338 g/mol. The number of hydrogen-bond donors (Lipinski definition) is 1. The highest BCUT2D eigenvalue weighted by Gasteiger charge is 2.18. The Balaban J connectivity index is 2.09. The lowest BCUT2D eigenvalue weighted by atomic mass is 10.2. The van der Waals surface area contributed by atoms with E-state index >= 15 is 0 Å². The van der Waals surface area contributed by atoms with Gasteiger partial charge in [0.05, 0.1) is 5.69 Å². The van der Waals surface area contributed by atoms with E-state index in [0.29, 0.717) is 17.9 Å². The summed E-state index contributed by atoms with van der Waals surface area (Å²) in [4.78, 5) is 16.6. The van der Waals surface area contributed by atoms with Crippen LogP contribution in [-0.4, -0.2) is 27.2 Å². The Labute approximate surface area is 145 Å². The van der Waals surface area contributed by atoms with Gasteiger partial charge in [-0.3, -0.25) is 4.79 Å². The molecule has 5 nitrogen and oxygen atoms in total. The van der Waals surface area contributed by atoms with Crippen LogP contribution < -0.4 is 5.32 Å². The molecule has 0 aliphatic heterocycles. The second kappa shape index (κ2) is 7.25. The molecule has 0 saturated heterocycles. The molecule has 1 N–H and O–H groups in total. The summed E-state index contributed by atoms with van der Waals surface area (Å²) < 4.78 is 14.9. The zero-order valence-electron chi connectivity index (χ0n) is 14.2. The van der Waals surface area contributed by atoms with Gasteiger partial charge in [0.25, 0.3) is 5.91 Å². The molecular formula is C19H19FN4O. The number of benzene rings is 2. The number of amides is 1. The molecule has 0 aliphatic rings. The molecule has 0 atom stereocenters. The highest BCUT2D eigenvalue weighted by molar-refractivity contribution is 5.91. The molecule has 0 saturated carbocycles. The molecule has 3 aromatic rings. The number of carbonyl (C=O) groups excluding carboxylic acids is 1. The van der Waals surface area contributed by atoms with Crippen LogP contribution in [0.3, 0.4) is 0 Å². The maximum Gasteiger partial charge on any atom is 0.290 e. The summed E-state index contributed by atoms with van der Waals surface area (Å²) in [5.74, 6) is -0.0653. The Morgan fingerprint density at radius 3 is 2.64 bits per heavy atom. The van der Waals surface area contributed by atoms with Crippen molar-refractivity contribution in [1.29, 1.82) is 0 Å². The number of hydrogen-bond acceptors (Lipinski definition) is 3. The van der Waals surface area contributed by atoms with Gasteiger partial charge in [0.2, 0.25) is 5.82 Å². The predicted octanol–water partition coefficient (Wildman–Crippen LogP) is 3.52. The van der Waals surface area contributed by atoms with Crippen LogP contribution in [-0.2, 0) is 0 Å². The molecule has 3 rings (SSSR count). The Hall–Kier alpha value is -3.02. The van der Waals surface area contributed by atoms with Gasteiger partial charge in [0.15, 0.2) is 5.82 Å². The van der Waals surface area contributed by atoms with E-state index in [1.165, 1.54) is 12.1 Å². The van der Waals surface area contributed by atoms with Gasteiger partial charge in [-0.1, -0.05) is 19.1 Å². The van der Waals surface area contributed by atoms with Crippen molar-refractivity contribution in [3.05, 3.63) is 65.7 Å². The minimum absolute atomic E-state index is 0.0919. The fourth-order valence-corrected chi connectivity index (χ4v) is 2.45. The zero-order valence-corrected chi connectivity index (χ0v) is 14.2. The minimum Gasteiger partial charge on any atom is -0.349 e. The third-order valence-corrected chi connectivity index (χ3v) is 3.69. The van der Waals surface area contributed by atoms with Crippen LogP contribution in [0.2, 0.25) is 0 Å². The fourth-order valence-electron chi connectivity index (χ4n) is 2.45. The van der Waals surface area contributed by atoms with Crippen molar-refractivity contribution >= 4 is 5.91 Å². The van der Waals surface area contributed by atoms with E-state index in [1.807, 2.05) is 38.1 Å². The molecule has 128 valence electrons. The summed E-state index contributed by atoms with van der Waals surface area (Å²) in [7, 11) is 0. The Morgan fingerprint density at radius 2 is 1.96 bits per heavy atom. The summed E-state index contributed by atoms with van der Waals surface area (Å²) in [5.41, 5.74) is 2.54. The normalized spacial score (nSPS) is 10.7. The molecule has 1 heterocycles. The van der Waals surface area contributed by atoms with Crippen LogP contribution >= 0.6 is 0 Å². The van der Waals surface area contributed by atoms with E-state index in [9.17, 15) is 9.18 Å². The van der Waals surface area contributed by atoms with Crippen LogP contribution in [0.25, 0.3) is 17.1 Å². The average molecular weight is 338 g/mol. The summed E-state index contributed by atoms with van der Waals surface area (Å²) >= 11 is 0. The molecule has 0 bridgehead atoms. The first kappa shape index (κ1) is 16.8. The predicted molar refractivity (Wildman–Crippen MR) is 94.1 cm³/mol. The van der Waals surface area contributed by atoms with E-state index in [2.05, 4.69) is 15.4 Å². The van der Waals surface area contributed by atoms with E-state index in [0.717, 1.165) is 17.7 Å². The number of nitrogens with zero attached hydrogens (tertiary/aromatic N) is 3. The van der Waals surface area contributed by atoms with Crippen LogP contribution in [0, 0.1) is 12.7 Å². The van der Waals surface area contributed by atoms with Gasteiger partial charge >= 0.3 is 0 Å². The number of aromatic nitrogens is 3. The van der Waals surface area contributed by atoms with Crippen molar-refractivity contribution in [3.63, 3.8) is 0 Å². The van der Waals surface area contributed by atoms with E-state index < -0.39 is 0 Å². The van der Waals surface area contributed by atoms with E-state index in [-0.39, 0.29) is 17.5 Å². The Kier molecular flexibility index (Phi) is 4.88. The van der Waals surface area contributed by atoms with Crippen molar-refractivity contribution in [2.45, 2.75) is 20.3 Å². The standard InChI is InChI=1S/C19H19FN4O/c1-3-11-21-19(25)17-22-18(14-7-9-15(20)10-8-14)24(23-17)16-6-4-5-13(2)12-16/h4-10,12H,3,11H2,1-2H3,(H,21,25). The molecule has 0 radical (unpaired) electrons. The zero-order chi connectivity index (χ0) is 17.8. The molecule has 1 amide bonds.